The number of nitrogens with zero attached hydrogens (tertiary/aromatic N) is 4. The molecule has 0 fully saturated rings. The Morgan fingerprint density at radius 2 is 1.92 bits per heavy atom. The van der Waals surface area contributed by atoms with Crippen LogP contribution in [0.1, 0.15) is 55.6 Å². The number of rotatable bonds is 7. The first-order chi connectivity index (χ1) is 12.4. The summed E-state index contributed by atoms with van der Waals surface area (Å²) in [5.74, 6) is 0.521. The fraction of sp³-hybridized carbons (Fsp3) is 0.474. The summed E-state index contributed by atoms with van der Waals surface area (Å²) in [7, 11) is 0. The molecule has 0 bridgehead atoms. The van der Waals surface area contributed by atoms with Crippen LogP contribution in [-0.4, -0.2) is 51.1 Å². The van der Waals surface area contributed by atoms with E-state index in [1.165, 1.54) is 4.90 Å². The van der Waals surface area contributed by atoms with Gasteiger partial charge in [0.15, 0.2) is 0 Å². The SMILES string of the molecule is CCNC(=O)CN(CC)C(=O)c1nc(C)n(-c2ccccc2C(C)C)n1. The Kier molecular flexibility index (Phi) is 6.49. The zero-order valence-electron chi connectivity index (χ0n) is 16.1. The number of aryl methyl sites for hydroxylation is 1. The molecule has 1 aromatic carbocycles. The van der Waals surface area contributed by atoms with Crippen LogP contribution in [0.15, 0.2) is 24.3 Å². The van der Waals surface area contributed by atoms with Crippen molar-refractivity contribution in [3.63, 3.8) is 0 Å². The molecule has 1 heterocycles. The number of aromatic nitrogens is 3. The van der Waals surface area contributed by atoms with Crippen molar-refractivity contribution in [1.29, 1.82) is 0 Å². The van der Waals surface area contributed by atoms with Gasteiger partial charge in [0.2, 0.25) is 11.7 Å². The van der Waals surface area contributed by atoms with Gasteiger partial charge >= 0.3 is 0 Å². The molecule has 26 heavy (non-hydrogen) atoms. The van der Waals surface area contributed by atoms with Crippen molar-refractivity contribution < 1.29 is 9.59 Å². The van der Waals surface area contributed by atoms with Gasteiger partial charge in [-0.15, -0.1) is 5.10 Å². The lowest BCUT2D eigenvalue weighted by Crippen LogP contribution is -2.41. The smallest absolute Gasteiger partial charge is 0.294 e. The molecule has 0 saturated carbocycles. The van der Waals surface area contributed by atoms with Crippen molar-refractivity contribution >= 4 is 11.8 Å². The van der Waals surface area contributed by atoms with Crippen molar-refractivity contribution in [3.05, 3.63) is 41.5 Å². The molecule has 0 atom stereocenters. The molecule has 0 radical (unpaired) electrons. The quantitative estimate of drug-likeness (QED) is 0.824. The van der Waals surface area contributed by atoms with Crippen molar-refractivity contribution in [2.45, 2.75) is 40.5 Å². The second-order valence-corrected chi connectivity index (χ2v) is 6.38. The third kappa shape index (κ3) is 4.28. The Hall–Kier alpha value is -2.70. The molecule has 140 valence electrons. The maximum absolute atomic E-state index is 12.7. The summed E-state index contributed by atoms with van der Waals surface area (Å²) in [6, 6.07) is 7.95. The standard InChI is InChI=1S/C19H27N5O2/c1-6-20-17(25)12-23(7-2)19(26)18-21-14(5)24(22-18)16-11-9-8-10-15(16)13(3)4/h8-11,13H,6-7,12H2,1-5H3,(H,20,25). The van der Waals surface area contributed by atoms with E-state index in [-0.39, 0.29) is 24.2 Å². The second-order valence-electron chi connectivity index (χ2n) is 6.38. The lowest BCUT2D eigenvalue weighted by atomic mass is 10.0. The van der Waals surface area contributed by atoms with Gasteiger partial charge in [-0.25, -0.2) is 9.67 Å². The molecule has 1 aromatic heterocycles. The summed E-state index contributed by atoms with van der Waals surface area (Å²) in [5, 5.41) is 7.13. The number of hydrogen-bond acceptors (Lipinski definition) is 4. The van der Waals surface area contributed by atoms with Gasteiger partial charge in [0.1, 0.15) is 5.82 Å². The summed E-state index contributed by atoms with van der Waals surface area (Å²) >= 11 is 0. The number of amides is 2. The predicted molar refractivity (Wildman–Crippen MR) is 100 cm³/mol. The summed E-state index contributed by atoms with van der Waals surface area (Å²) in [4.78, 5) is 30.3. The van der Waals surface area contributed by atoms with E-state index >= 15 is 0 Å². The Bertz CT molecular complexity index is 782. The van der Waals surface area contributed by atoms with E-state index < -0.39 is 0 Å². The Morgan fingerprint density at radius 1 is 1.23 bits per heavy atom. The van der Waals surface area contributed by atoms with Gasteiger partial charge in [-0.05, 0) is 38.3 Å². The summed E-state index contributed by atoms with van der Waals surface area (Å²) < 4.78 is 1.70. The van der Waals surface area contributed by atoms with Crippen molar-refractivity contribution in [3.8, 4) is 5.69 Å². The Labute approximate surface area is 154 Å². The van der Waals surface area contributed by atoms with Gasteiger partial charge in [0, 0.05) is 13.1 Å². The number of carbonyl (C=O) groups is 2. The number of carbonyl (C=O) groups excluding carboxylic acids is 2. The molecule has 0 unspecified atom stereocenters. The van der Waals surface area contributed by atoms with Crippen molar-refractivity contribution in [2.24, 2.45) is 0 Å². The fourth-order valence-corrected chi connectivity index (χ4v) is 2.77. The highest BCUT2D eigenvalue weighted by Gasteiger charge is 2.23. The highest BCUT2D eigenvalue weighted by Crippen LogP contribution is 2.23. The molecule has 0 saturated heterocycles. The first kappa shape index (κ1) is 19.6. The zero-order chi connectivity index (χ0) is 19.3. The summed E-state index contributed by atoms with van der Waals surface area (Å²) in [5.41, 5.74) is 2.05. The van der Waals surface area contributed by atoms with Crippen LogP contribution in [0.2, 0.25) is 0 Å². The Balaban J connectivity index is 2.32. The molecule has 2 amide bonds. The number of likely N-dealkylation sites (N-methyl/N-ethyl adjacent to an activating group) is 2. The number of nitrogens with one attached hydrogen (secondary N) is 1. The molecule has 7 heteroatoms. The minimum absolute atomic E-state index is 0.000653. The highest BCUT2D eigenvalue weighted by molar-refractivity contribution is 5.93. The first-order valence-corrected chi connectivity index (χ1v) is 8.97. The monoisotopic (exact) mass is 357 g/mol. The highest BCUT2D eigenvalue weighted by atomic mass is 16.2. The number of para-hydroxylation sites is 1. The molecule has 2 aromatic rings. The van der Waals surface area contributed by atoms with Crippen LogP contribution in [0, 0.1) is 6.92 Å². The summed E-state index contributed by atoms with van der Waals surface area (Å²) in [6.07, 6.45) is 0. The average Bonchev–Trinajstić information content (AvgIpc) is 3.01. The average molecular weight is 357 g/mol. The van der Waals surface area contributed by atoms with Gasteiger partial charge in [-0.2, -0.15) is 0 Å². The molecule has 7 nitrogen and oxygen atoms in total. The van der Waals surface area contributed by atoms with Crippen LogP contribution in [0.3, 0.4) is 0 Å². The molecule has 0 aliphatic heterocycles. The molecular formula is C19H27N5O2. The minimum atomic E-state index is -0.345. The predicted octanol–water partition coefficient (Wildman–Crippen LogP) is 2.30. The number of benzene rings is 1. The largest absolute Gasteiger partial charge is 0.355 e. The van der Waals surface area contributed by atoms with E-state index in [0.717, 1.165) is 11.3 Å². The fourth-order valence-electron chi connectivity index (χ4n) is 2.77. The van der Waals surface area contributed by atoms with Crippen LogP contribution in [0.5, 0.6) is 0 Å². The van der Waals surface area contributed by atoms with E-state index in [4.69, 9.17) is 0 Å². The topological polar surface area (TPSA) is 80.1 Å². The van der Waals surface area contributed by atoms with E-state index in [1.807, 2.05) is 39.0 Å². The van der Waals surface area contributed by atoms with Gasteiger partial charge in [0.05, 0.1) is 12.2 Å². The van der Waals surface area contributed by atoms with Crippen LogP contribution in [0.4, 0.5) is 0 Å². The van der Waals surface area contributed by atoms with Gasteiger partial charge in [0.25, 0.3) is 5.91 Å². The van der Waals surface area contributed by atoms with Gasteiger partial charge in [-0.1, -0.05) is 32.0 Å². The lowest BCUT2D eigenvalue weighted by Gasteiger charge is -2.18. The van der Waals surface area contributed by atoms with Crippen molar-refractivity contribution in [2.75, 3.05) is 19.6 Å². The van der Waals surface area contributed by atoms with E-state index in [0.29, 0.717) is 24.8 Å². The zero-order valence-corrected chi connectivity index (χ0v) is 16.1. The van der Waals surface area contributed by atoms with E-state index in [9.17, 15) is 9.59 Å². The molecule has 0 aliphatic rings. The minimum Gasteiger partial charge on any atom is -0.355 e. The van der Waals surface area contributed by atoms with Crippen LogP contribution in [0.25, 0.3) is 5.69 Å². The molecule has 0 spiro atoms. The molecule has 1 N–H and O–H groups in total. The molecular weight excluding hydrogens is 330 g/mol. The molecule has 0 aliphatic carbocycles. The van der Waals surface area contributed by atoms with E-state index in [1.54, 1.807) is 4.68 Å². The van der Waals surface area contributed by atoms with Crippen LogP contribution >= 0.6 is 0 Å². The van der Waals surface area contributed by atoms with E-state index in [2.05, 4.69) is 35.3 Å². The normalized spacial score (nSPS) is 10.8. The Morgan fingerprint density at radius 3 is 2.54 bits per heavy atom. The van der Waals surface area contributed by atoms with Crippen LogP contribution < -0.4 is 5.32 Å². The number of hydrogen-bond donors (Lipinski definition) is 1. The van der Waals surface area contributed by atoms with Crippen molar-refractivity contribution in [1.82, 2.24) is 25.0 Å². The first-order valence-electron chi connectivity index (χ1n) is 8.97. The van der Waals surface area contributed by atoms with Crippen LogP contribution in [-0.2, 0) is 4.79 Å². The maximum Gasteiger partial charge on any atom is 0.294 e. The molecule has 2 rings (SSSR count). The van der Waals surface area contributed by atoms with Gasteiger partial charge in [-0.3, -0.25) is 9.59 Å². The maximum atomic E-state index is 12.7. The second kappa shape index (κ2) is 8.60. The third-order valence-electron chi connectivity index (χ3n) is 4.12. The summed E-state index contributed by atoms with van der Waals surface area (Å²) in [6.45, 7) is 10.7. The van der Waals surface area contributed by atoms with Gasteiger partial charge < -0.3 is 10.2 Å². The lowest BCUT2D eigenvalue weighted by molar-refractivity contribution is -0.121. The third-order valence-corrected chi connectivity index (χ3v) is 4.12.